The number of anilines is 1. The molecule has 2 saturated heterocycles. The minimum atomic E-state index is -0.180. The molecule has 2 aromatic rings. The van der Waals surface area contributed by atoms with Crippen molar-refractivity contribution in [3.63, 3.8) is 0 Å². The molecule has 0 bridgehead atoms. The number of nitrogens with one attached hydrogen (secondary N) is 2. The number of ketones is 1. The second-order valence-electron chi connectivity index (χ2n) is 9.24. The van der Waals surface area contributed by atoms with Crippen LogP contribution in [0.25, 0.3) is 0 Å². The van der Waals surface area contributed by atoms with Crippen LogP contribution in [0.2, 0.25) is 0 Å². The number of carbonyl (C=O) groups is 2. The van der Waals surface area contributed by atoms with E-state index in [4.69, 9.17) is 0 Å². The molecular formula is C26H35Cl2FN4O2. The number of amides is 2. The molecule has 0 saturated carbocycles. The first kappa shape index (κ1) is 29.0. The van der Waals surface area contributed by atoms with Gasteiger partial charge in [-0.1, -0.05) is 24.3 Å². The predicted molar refractivity (Wildman–Crippen MR) is 143 cm³/mol. The van der Waals surface area contributed by atoms with Crippen molar-refractivity contribution in [2.45, 2.75) is 32.2 Å². The van der Waals surface area contributed by atoms with Crippen molar-refractivity contribution in [1.82, 2.24) is 15.1 Å². The molecule has 2 aromatic carbocycles. The lowest BCUT2D eigenvalue weighted by Crippen LogP contribution is -2.57. The van der Waals surface area contributed by atoms with Gasteiger partial charge in [-0.05, 0) is 75.0 Å². The van der Waals surface area contributed by atoms with Gasteiger partial charge in [0.1, 0.15) is 5.82 Å². The van der Waals surface area contributed by atoms with Crippen molar-refractivity contribution in [1.29, 1.82) is 0 Å². The summed E-state index contributed by atoms with van der Waals surface area (Å²) in [7, 11) is 0. The van der Waals surface area contributed by atoms with Crippen LogP contribution in [0.15, 0.2) is 48.5 Å². The summed E-state index contributed by atoms with van der Waals surface area (Å²) in [4.78, 5) is 28.7. The zero-order chi connectivity index (χ0) is 23.2. The quantitative estimate of drug-likeness (QED) is 0.540. The molecule has 6 nitrogen and oxygen atoms in total. The third-order valence-corrected chi connectivity index (χ3v) is 6.69. The van der Waals surface area contributed by atoms with Gasteiger partial charge in [0.25, 0.3) is 0 Å². The van der Waals surface area contributed by atoms with Crippen molar-refractivity contribution in [3.8, 4) is 0 Å². The van der Waals surface area contributed by atoms with E-state index in [0.29, 0.717) is 30.3 Å². The zero-order valence-electron chi connectivity index (χ0n) is 20.0. The molecule has 0 aromatic heterocycles. The molecule has 35 heavy (non-hydrogen) atoms. The second-order valence-corrected chi connectivity index (χ2v) is 9.24. The minimum Gasteiger partial charge on any atom is -0.322 e. The summed E-state index contributed by atoms with van der Waals surface area (Å²) in [6.07, 6.45) is 3.29. The van der Waals surface area contributed by atoms with Gasteiger partial charge in [-0.3, -0.25) is 4.79 Å². The number of urea groups is 1. The Labute approximate surface area is 219 Å². The van der Waals surface area contributed by atoms with E-state index in [0.717, 1.165) is 45.4 Å². The van der Waals surface area contributed by atoms with Crippen LogP contribution in [0.4, 0.5) is 14.9 Å². The van der Waals surface area contributed by atoms with Gasteiger partial charge in [-0.2, -0.15) is 0 Å². The molecule has 192 valence electrons. The van der Waals surface area contributed by atoms with Gasteiger partial charge in [-0.15, -0.1) is 24.8 Å². The number of Topliss-reactive ketones (excluding diaryl/α,β-unsaturated/α-hetero) is 1. The van der Waals surface area contributed by atoms with E-state index in [2.05, 4.69) is 15.5 Å². The fraction of sp³-hybridized carbons (Fsp3) is 0.462. The molecule has 1 unspecified atom stereocenters. The highest BCUT2D eigenvalue weighted by Crippen LogP contribution is 2.22. The standard InChI is InChI=1S/C26H33FN4O2.2ClH/c1-19(32)22-3-2-4-24(16-22)29-26(33)31-14-11-28-25(18-31)17-30-12-9-21(10-13-30)15-20-5-7-23(27)8-6-20;;/h2-8,16,21,25,28H,9-15,17-18H2,1H3,(H,29,33);2*1H. The Morgan fingerprint density at radius 2 is 1.77 bits per heavy atom. The molecule has 0 radical (unpaired) electrons. The van der Waals surface area contributed by atoms with Crippen LogP contribution in [-0.2, 0) is 6.42 Å². The molecule has 2 N–H and O–H groups in total. The molecular weight excluding hydrogens is 490 g/mol. The first-order valence-electron chi connectivity index (χ1n) is 11.8. The maximum absolute atomic E-state index is 13.1. The third-order valence-electron chi connectivity index (χ3n) is 6.69. The summed E-state index contributed by atoms with van der Waals surface area (Å²) in [6, 6.07) is 14.0. The Morgan fingerprint density at radius 1 is 1.06 bits per heavy atom. The van der Waals surface area contributed by atoms with E-state index in [1.807, 2.05) is 17.0 Å². The molecule has 2 aliphatic rings. The van der Waals surface area contributed by atoms with Gasteiger partial charge >= 0.3 is 6.03 Å². The van der Waals surface area contributed by atoms with E-state index < -0.39 is 0 Å². The van der Waals surface area contributed by atoms with Gasteiger partial charge in [-0.25, -0.2) is 9.18 Å². The van der Waals surface area contributed by atoms with Gasteiger partial charge < -0.3 is 20.4 Å². The number of likely N-dealkylation sites (tertiary alicyclic amines) is 1. The summed E-state index contributed by atoms with van der Waals surface area (Å²) in [5, 5.41) is 6.49. The van der Waals surface area contributed by atoms with Crippen LogP contribution < -0.4 is 10.6 Å². The van der Waals surface area contributed by atoms with E-state index >= 15 is 0 Å². The van der Waals surface area contributed by atoms with Crippen LogP contribution in [0, 0.1) is 11.7 Å². The number of hydrogen-bond donors (Lipinski definition) is 2. The Kier molecular flexibility index (Phi) is 11.4. The van der Waals surface area contributed by atoms with Crippen molar-refractivity contribution < 1.29 is 14.0 Å². The van der Waals surface area contributed by atoms with Crippen LogP contribution in [-0.4, -0.2) is 66.9 Å². The maximum atomic E-state index is 13.1. The lowest BCUT2D eigenvalue weighted by atomic mass is 9.90. The molecule has 2 heterocycles. The summed E-state index contributed by atoms with van der Waals surface area (Å²) in [6.45, 7) is 6.64. The smallest absolute Gasteiger partial charge is 0.321 e. The molecule has 9 heteroatoms. The molecule has 0 aliphatic carbocycles. The molecule has 2 fully saturated rings. The summed E-state index contributed by atoms with van der Waals surface area (Å²) < 4.78 is 13.1. The SMILES string of the molecule is CC(=O)c1cccc(NC(=O)N2CCNC(CN3CCC(Cc4ccc(F)cc4)CC3)C2)c1.Cl.Cl. The Morgan fingerprint density at radius 3 is 2.46 bits per heavy atom. The van der Waals surface area contributed by atoms with Crippen molar-refractivity contribution in [2.24, 2.45) is 5.92 Å². The number of piperazine rings is 1. The van der Waals surface area contributed by atoms with Crippen molar-refractivity contribution in [2.75, 3.05) is 44.6 Å². The van der Waals surface area contributed by atoms with Crippen LogP contribution in [0.3, 0.4) is 0 Å². The summed E-state index contributed by atoms with van der Waals surface area (Å²) in [5.41, 5.74) is 2.44. The number of halogens is 3. The second kappa shape index (κ2) is 13.8. The Bertz CT molecular complexity index is 968. The van der Waals surface area contributed by atoms with Gasteiger partial charge in [0, 0.05) is 43.5 Å². The molecule has 0 spiro atoms. The first-order chi connectivity index (χ1) is 16.0. The molecule has 1 atom stereocenters. The van der Waals surface area contributed by atoms with E-state index in [-0.39, 0.29) is 48.5 Å². The molecule has 2 amide bonds. The summed E-state index contributed by atoms with van der Waals surface area (Å²) >= 11 is 0. The van der Waals surface area contributed by atoms with Crippen LogP contribution >= 0.6 is 24.8 Å². The largest absolute Gasteiger partial charge is 0.322 e. The normalized spacial score (nSPS) is 18.8. The molecule has 2 aliphatic heterocycles. The topological polar surface area (TPSA) is 64.7 Å². The third kappa shape index (κ3) is 8.46. The van der Waals surface area contributed by atoms with E-state index in [9.17, 15) is 14.0 Å². The van der Waals surface area contributed by atoms with Crippen LogP contribution in [0.5, 0.6) is 0 Å². The van der Waals surface area contributed by atoms with E-state index in [1.54, 1.807) is 36.4 Å². The number of carbonyl (C=O) groups excluding carboxylic acids is 2. The lowest BCUT2D eigenvalue weighted by Gasteiger charge is -2.38. The van der Waals surface area contributed by atoms with Crippen molar-refractivity contribution >= 4 is 42.3 Å². The van der Waals surface area contributed by atoms with Crippen LogP contribution in [0.1, 0.15) is 35.7 Å². The Hall–Kier alpha value is -2.19. The fourth-order valence-electron chi connectivity index (χ4n) is 4.79. The van der Waals surface area contributed by atoms with Gasteiger partial charge in [0.05, 0.1) is 0 Å². The maximum Gasteiger partial charge on any atom is 0.321 e. The highest BCUT2D eigenvalue weighted by Gasteiger charge is 2.27. The average Bonchev–Trinajstić information content (AvgIpc) is 2.82. The minimum absolute atomic E-state index is 0. The lowest BCUT2D eigenvalue weighted by molar-refractivity contribution is 0.101. The highest BCUT2D eigenvalue weighted by atomic mass is 35.5. The highest BCUT2D eigenvalue weighted by molar-refractivity contribution is 5.96. The fourth-order valence-corrected chi connectivity index (χ4v) is 4.79. The van der Waals surface area contributed by atoms with Gasteiger partial charge in [0.15, 0.2) is 5.78 Å². The number of piperidine rings is 1. The average molecular weight is 525 g/mol. The van der Waals surface area contributed by atoms with Gasteiger partial charge in [0.2, 0.25) is 0 Å². The van der Waals surface area contributed by atoms with Crippen molar-refractivity contribution in [3.05, 3.63) is 65.5 Å². The predicted octanol–water partition coefficient (Wildman–Crippen LogP) is 4.63. The monoisotopic (exact) mass is 524 g/mol. The Balaban J connectivity index is 0.00000216. The number of rotatable bonds is 6. The zero-order valence-corrected chi connectivity index (χ0v) is 21.7. The first-order valence-corrected chi connectivity index (χ1v) is 11.8. The number of benzene rings is 2. The molecule has 4 rings (SSSR count). The number of nitrogens with zero attached hydrogens (tertiary/aromatic N) is 2. The van der Waals surface area contributed by atoms with E-state index in [1.165, 1.54) is 12.5 Å². The summed E-state index contributed by atoms with van der Waals surface area (Å²) in [5.74, 6) is 0.440. The number of hydrogen-bond acceptors (Lipinski definition) is 4.